The smallest absolute Gasteiger partial charge is 0.238 e. The summed E-state index contributed by atoms with van der Waals surface area (Å²) in [4.78, 5) is 0.0944. The van der Waals surface area contributed by atoms with Crippen LogP contribution >= 0.6 is 0 Å². The third kappa shape index (κ3) is 4.73. The van der Waals surface area contributed by atoms with Gasteiger partial charge in [-0.15, -0.1) is 0 Å². The molecule has 0 aliphatic rings. The van der Waals surface area contributed by atoms with Crippen molar-refractivity contribution in [3.63, 3.8) is 0 Å². The van der Waals surface area contributed by atoms with Gasteiger partial charge in [-0.1, -0.05) is 12.1 Å². The van der Waals surface area contributed by atoms with E-state index in [9.17, 15) is 13.5 Å². The van der Waals surface area contributed by atoms with Crippen LogP contribution in [0, 0.1) is 0 Å². The van der Waals surface area contributed by atoms with Crippen molar-refractivity contribution < 1.29 is 13.5 Å². The molecule has 0 spiro atoms. The Hall–Kier alpha value is -0.950. The Morgan fingerprint density at radius 2 is 2.06 bits per heavy atom. The minimum Gasteiger partial charge on any atom is -0.389 e. The van der Waals surface area contributed by atoms with Crippen molar-refractivity contribution in [1.82, 2.24) is 5.32 Å². The normalized spacial score (nSPS) is 14.5. The Bertz CT molecular complexity index is 506. The molecule has 1 unspecified atom stereocenters. The summed E-state index contributed by atoms with van der Waals surface area (Å²) < 4.78 is 22.5. The maximum absolute atomic E-state index is 11.2. The third-order valence-electron chi connectivity index (χ3n) is 2.53. The van der Waals surface area contributed by atoms with E-state index in [1.165, 1.54) is 12.1 Å². The maximum atomic E-state index is 11.2. The summed E-state index contributed by atoms with van der Waals surface area (Å²) in [6.45, 7) is 5.71. The lowest BCUT2D eigenvalue weighted by Gasteiger charge is -2.22. The van der Waals surface area contributed by atoms with Gasteiger partial charge >= 0.3 is 0 Å². The standard InChI is InChI=1S/C12H20N2O3S/c1-9(14-8-12(2,3)15)10-5-4-6-11(7-10)18(13,16)17/h4-7,9,14-15H,8H2,1-3H3,(H2,13,16,17). The van der Waals surface area contributed by atoms with Gasteiger partial charge in [0, 0.05) is 12.6 Å². The van der Waals surface area contributed by atoms with Crippen molar-refractivity contribution in [2.24, 2.45) is 5.14 Å². The average molecular weight is 272 g/mol. The molecule has 0 saturated carbocycles. The second kappa shape index (κ2) is 5.36. The van der Waals surface area contributed by atoms with Gasteiger partial charge in [-0.3, -0.25) is 0 Å². The fourth-order valence-electron chi connectivity index (χ4n) is 1.48. The molecule has 0 radical (unpaired) electrons. The van der Waals surface area contributed by atoms with Gasteiger partial charge in [0.15, 0.2) is 0 Å². The van der Waals surface area contributed by atoms with E-state index in [0.717, 1.165) is 5.56 Å². The van der Waals surface area contributed by atoms with Gasteiger partial charge in [0.05, 0.1) is 10.5 Å². The first kappa shape index (κ1) is 15.1. The molecule has 4 N–H and O–H groups in total. The summed E-state index contributed by atoms with van der Waals surface area (Å²) >= 11 is 0. The largest absolute Gasteiger partial charge is 0.389 e. The Kier molecular flexibility index (Phi) is 4.50. The van der Waals surface area contributed by atoms with Crippen LogP contribution in [0.2, 0.25) is 0 Å². The average Bonchev–Trinajstić information content (AvgIpc) is 2.24. The van der Waals surface area contributed by atoms with E-state index in [-0.39, 0.29) is 10.9 Å². The Morgan fingerprint density at radius 3 is 2.56 bits per heavy atom. The predicted molar refractivity (Wildman–Crippen MR) is 70.5 cm³/mol. The van der Waals surface area contributed by atoms with E-state index in [2.05, 4.69) is 5.32 Å². The van der Waals surface area contributed by atoms with E-state index in [1.807, 2.05) is 13.0 Å². The lowest BCUT2D eigenvalue weighted by Crippen LogP contribution is -2.36. The van der Waals surface area contributed by atoms with Crippen LogP contribution in [0.3, 0.4) is 0 Å². The highest BCUT2D eigenvalue weighted by Crippen LogP contribution is 2.17. The topological polar surface area (TPSA) is 92.4 Å². The Morgan fingerprint density at radius 1 is 1.44 bits per heavy atom. The molecule has 0 bridgehead atoms. The first-order valence-corrected chi connectivity index (χ1v) is 7.23. The number of aliphatic hydroxyl groups is 1. The minimum absolute atomic E-state index is 0.0712. The first-order chi connectivity index (χ1) is 8.09. The molecule has 0 fully saturated rings. The molecule has 0 saturated heterocycles. The number of rotatable bonds is 5. The quantitative estimate of drug-likeness (QED) is 0.737. The molecule has 1 aromatic rings. The molecule has 6 heteroatoms. The molecule has 0 aliphatic heterocycles. The molecule has 1 aromatic carbocycles. The summed E-state index contributed by atoms with van der Waals surface area (Å²) in [6.07, 6.45) is 0. The van der Waals surface area contributed by atoms with Crippen LogP contribution in [0.5, 0.6) is 0 Å². The molecule has 0 heterocycles. The zero-order valence-electron chi connectivity index (χ0n) is 10.8. The molecule has 18 heavy (non-hydrogen) atoms. The second-order valence-corrected chi connectivity index (χ2v) is 6.59. The van der Waals surface area contributed by atoms with Gasteiger partial charge in [0.1, 0.15) is 0 Å². The number of primary sulfonamides is 1. The van der Waals surface area contributed by atoms with Crippen molar-refractivity contribution in [2.75, 3.05) is 6.54 Å². The van der Waals surface area contributed by atoms with E-state index < -0.39 is 15.6 Å². The predicted octanol–water partition coefficient (Wildman–Crippen LogP) is 0.756. The molecule has 0 aliphatic carbocycles. The van der Waals surface area contributed by atoms with Gasteiger partial charge in [-0.2, -0.15) is 0 Å². The highest BCUT2D eigenvalue weighted by molar-refractivity contribution is 7.89. The van der Waals surface area contributed by atoms with E-state index in [1.54, 1.807) is 19.9 Å². The molecular formula is C12H20N2O3S. The summed E-state index contributed by atoms with van der Waals surface area (Å²) in [5.41, 5.74) is -0.00277. The lowest BCUT2D eigenvalue weighted by molar-refractivity contribution is 0.0770. The number of nitrogens with one attached hydrogen (secondary N) is 1. The van der Waals surface area contributed by atoms with Crippen molar-refractivity contribution in [2.45, 2.75) is 37.3 Å². The van der Waals surface area contributed by atoms with Gasteiger partial charge < -0.3 is 10.4 Å². The van der Waals surface area contributed by atoms with Crippen molar-refractivity contribution >= 4 is 10.0 Å². The summed E-state index contributed by atoms with van der Waals surface area (Å²) in [7, 11) is -3.68. The van der Waals surface area contributed by atoms with Crippen LogP contribution in [-0.4, -0.2) is 25.7 Å². The second-order valence-electron chi connectivity index (χ2n) is 5.03. The van der Waals surface area contributed by atoms with Crippen LogP contribution in [0.25, 0.3) is 0 Å². The minimum atomic E-state index is -3.68. The third-order valence-corrected chi connectivity index (χ3v) is 3.44. The van der Waals surface area contributed by atoms with Gasteiger partial charge in [-0.25, -0.2) is 13.6 Å². The lowest BCUT2D eigenvalue weighted by atomic mass is 10.1. The monoisotopic (exact) mass is 272 g/mol. The van der Waals surface area contributed by atoms with Gasteiger partial charge in [0.25, 0.3) is 0 Å². The fourth-order valence-corrected chi connectivity index (χ4v) is 2.05. The zero-order valence-corrected chi connectivity index (χ0v) is 11.7. The molecule has 5 nitrogen and oxygen atoms in total. The molecule has 1 atom stereocenters. The summed E-state index contributed by atoms with van der Waals surface area (Å²) in [5, 5.41) is 17.8. The number of hydrogen-bond acceptors (Lipinski definition) is 4. The molecule has 0 aromatic heterocycles. The maximum Gasteiger partial charge on any atom is 0.238 e. The number of sulfonamides is 1. The van der Waals surface area contributed by atoms with Crippen LogP contribution in [0.1, 0.15) is 32.4 Å². The van der Waals surface area contributed by atoms with Crippen LogP contribution < -0.4 is 10.5 Å². The van der Waals surface area contributed by atoms with Gasteiger partial charge in [0.2, 0.25) is 10.0 Å². The summed E-state index contributed by atoms with van der Waals surface area (Å²) in [5.74, 6) is 0. The van der Waals surface area contributed by atoms with Crippen molar-refractivity contribution in [1.29, 1.82) is 0 Å². The molecule has 1 rings (SSSR count). The number of benzene rings is 1. The number of nitrogens with two attached hydrogens (primary N) is 1. The SMILES string of the molecule is CC(NCC(C)(C)O)c1cccc(S(N)(=O)=O)c1. The first-order valence-electron chi connectivity index (χ1n) is 5.68. The van der Waals surface area contributed by atoms with Crippen LogP contribution in [-0.2, 0) is 10.0 Å². The highest BCUT2D eigenvalue weighted by atomic mass is 32.2. The van der Waals surface area contributed by atoms with Gasteiger partial charge in [-0.05, 0) is 38.5 Å². The Labute approximate surface area is 108 Å². The Balaban J connectivity index is 2.84. The van der Waals surface area contributed by atoms with Crippen LogP contribution in [0.4, 0.5) is 0 Å². The van der Waals surface area contributed by atoms with E-state index >= 15 is 0 Å². The van der Waals surface area contributed by atoms with Crippen molar-refractivity contribution in [3.05, 3.63) is 29.8 Å². The van der Waals surface area contributed by atoms with E-state index in [0.29, 0.717) is 6.54 Å². The zero-order chi connectivity index (χ0) is 14.0. The van der Waals surface area contributed by atoms with Crippen molar-refractivity contribution in [3.8, 4) is 0 Å². The van der Waals surface area contributed by atoms with E-state index in [4.69, 9.17) is 5.14 Å². The molecular weight excluding hydrogens is 252 g/mol. The fraction of sp³-hybridized carbons (Fsp3) is 0.500. The number of hydrogen-bond donors (Lipinski definition) is 3. The highest BCUT2D eigenvalue weighted by Gasteiger charge is 2.15. The molecule has 0 amide bonds. The summed E-state index contributed by atoms with van der Waals surface area (Å²) in [6, 6.07) is 6.39. The molecule has 102 valence electrons. The van der Waals surface area contributed by atoms with Crippen LogP contribution in [0.15, 0.2) is 29.2 Å².